The second-order valence-electron chi connectivity index (χ2n) is 4.36. The van der Waals surface area contributed by atoms with Gasteiger partial charge in [0.25, 0.3) is 0 Å². The van der Waals surface area contributed by atoms with Gasteiger partial charge in [0.1, 0.15) is 5.75 Å². The molecule has 0 fully saturated rings. The normalized spacial score (nSPS) is 14.6. The number of phenolic OH excluding ortho intramolecular Hbond substituents is 1. The highest BCUT2D eigenvalue weighted by Crippen LogP contribution is 2.35. The second kappa shape index (κ2) is 6.62. The summed E-state index contributed by atoms with van der Waals surface area (Å²) in [7, 11) is 0. The van der Waals surface area contributed by atoms with Crippen LogP contribution in [0.15, 0.2) is 18.2 Å². The van der Waals surface area contributed by atoms with Crippen LogP contribution >= 0.6 is 0 Å². The van der Waals surface area contributed by atoms with Crippen LogP contribution < -0.4 is 0 Å². The molecule has 3 nitrogen and oxygen atoms in total. The highest BCUT2D eigenvalue weighted by atomic mass is 16.3. The molecular weight excluding hydrogens is 216 g/mol. The molecule has 0 aliphatic rings. The molecule has 0 saturated carbocycles. The monoisotopic (exact) mass is 238 g/mol. The minimum Gasteiger partial charge on any atom is -0.507 e. The molecule has 17 heavy (non-hydrogen) atoms. The molecule has 0 spiro atoms. The lowest BCUT2D eigenvalue weighted by atomic mass is 9.89. The average molecular weight is 238 g/mol. The van der Waals surface area contributed by atoms with E-state index in [2.05, 4.69) is 0 Å². The summed E-state index contributed by atoms with van der Waals surface area (Å²) in [6, 6.07) is 5.56. The maximum atomic E-state index is 10.2. The quantitative estimate of drug-likeness (QED) is 0.713. The fourth-order valence-electron chi connectivity index (χ4n) is 2.13. The molecule has 3 heteroatoms. The van der Waals surface area contributed by atoms with E-state index in [0.717, 1.165) is 24.0 Å². The van der Waals surface area contributed by atoms with Crippen LogP contribution in [0, 0.1) is 0 Å². The zero-order valence-corrected chi connectivity index (χ0v) is 10.6. The number of hydrogen-bond acceptors (Lipinski definition) is 3. The van der Waals surface area contributed by atoms with E-state index in [1.54, 1.807) is 0 Å². The second-order valence-corrected chi connectivity index (χ2v) is 4.36. The number of para-hydroxylation sites is 1. The van der Waals surface area contributed by atoms with E-state index in [1.165, 1.54) is 0 Å². The van der Waals surface area contributed by atoms with Gasteiger partial charge in [-0.3, -0.25) is 0 Å². The van der Waals surface area contributed by atoms with Gasteiger partial charge in [0.05, 0.1) is 13.2 Å². The van der Waals surface area contributed by atoms with Crippen LogP contribution in [0.5, 0.6) is 5.75 Å². The first-order valence-corrected chi connectivity index (χ1v) is 6.22. The number of hydrogen-bond donors (Lipinski definition) is 3. The van der Waals surface area contributed by atoms with Crippen molar-refractivity contribution in [2.45, 2.75) is 38.5 Å². The summed E-state index contributed by atoms with van der Waals surface area (Å²) in [6.07, 6.45) is 1.56. The van der Waals surface area contributed by atoms with Crippen molar-refractivity contribution < 1.29 is 15.3 Å². The Bertz CT molecular complexity index is 311. The summed E-state index contributed by atoms with van der Waals surface area (Å²) in [5.41, 5.74) is 1.55. The van der Waals surface area contributed by atoms with Gasteiger partial charge < -0.3 is 15.3 Å². The van der Waals surface area contributed by atoms with Crippen molar-refractivity contribution in [3.63, 3.8) is 0 Å². The summed E-state index contributed by atoms with van der Waals surface area (Å²) in [5.74, 6) is 0.159. The Kier molecular flexibility index (Phi) is 5.45. The van der Waals surface area contributed by atoms with Gasteiger partial charge in [0.2, 0.25) is 0 Å². The maximum absolute atomic E-state index is 10.2. The van der Waals surface area contributed by atoms with Crippen molar-refractivity contribution in [1.29, 1.82) is 0 Å². The van der Waals surface area contributed by atoms with E-state index in [0.29, 0.717) is 0 Å². The van der Waals surface area contributed by atoms with E-state index < -0.39 is 0 Å². The van der Waals surface area contributed by atoms with E-state index in [9.17, 15) is 15.3 Å². The minimum atomic E-state index is -0.0360. The van der Waals surface area contributed by atoms with Crippen molar-refractivity contribution in [3.8, 4) is 5.75 Å². The summed E-state index contributed by atoms with van der Waals surface area (Å²) in [5, 5.41) is 28.8. The average Bonchev–Trinajstić information content (AvgIpc) is 2.36. The molecule has 0 radical (unpaired) electrons. The third-order valence-electron chi connectivity index (χ3n) is 3.40. The highest BCUT2D eigenvalue weighted by molar-refractivity contribution is 5.44. The van der Waals surface area contributed by atoms with Gasteiger partial charge >= 0.3 is 0 Å². The van der Waals surface area contributed by atoms with Gasteiger partial charge in [-0.25, -0.2) is 0 Å². The van der Waals surface area contributed by atoms with Crippen LogP contribution in [-0.2, 0) is 0 Å². The molecule has 0 heterocycles. The van der Waals surface area contributed by atoms with Gasteiger partial charge in [-0.05, 0) is 24.0 Å². The Morgan fingerprint density at radius 1 is 0.941 bits per heavy atom. The number of aliphatic hydroxyl groups excluding tert-OH is 2. The first-order valence-electron chi connectivity index (χ1n) is 6.22. The van der Waals surface area contributed by atoms with E-state index >= 15 is 0 Å². The van der Waals surface area contributed by atoms with Gasteiger partial charge in [0, 0.05) is 11.8 Å². The maximum Gasteiger partial charge on any atom is 0.122 e. The van der Waals surface area contributed by atoms with Crippen LogP contribution in [0.1, 0.15) is 49.7 Å². The minimum absolute atomic E-state index is 0.0312. The largest absolute Gasteiger partial charge is 0.507 e. The lowest BCUT2D eigenvalue weighted by Crippen LogP contribution is -2.07. The number of phenols is 1. The van der Waals surface area contributed by atoms with Crippen molar-refractivity contribution in [2.24, 2.45) is 0 Å². The molecule has 96 valence electrons. The first kappa shape index (κ1) is 14.0. The molecule has 0 aliphatic heterocycles. The topological polar surface area (TPSA) is 60.7 Å². The first-order chi connectivity index (χ1) is 8.19. The molecule has 0 bridgehead atoms. The standard InChI is InChI=1S/C14H22O3/c1-3-10(8-15)12-6-5-7-13(14(12)17)11(4-2)9-16/h5-7,10-11,15-17H,3-4,8-9H2,1-2H3. The third-order valence-corrected chi connectivity index (χ3v) is 3.40. The lowest BCUT2D eigenvalue weighted by Gasteiger charge is -2.19. The molecule has 3 N–H and O–H groups in total. The van der Waals surface area contributed by atoms with Crippen LogP contribution in [0.4, 0.5) is 0 Å². The van der Waals surface area contributed by atoms with Crippen molar-refractivity contribution in [2.75, 3.05) is 13.2 Å². The molecule has 2 unspecified atom stereocenters. The fraction of sp³-hybridized carbons (Fsp3) is 0.571. The fourth-order valence-corrected chi connectivity index (χ4v) is 2.13. The zero-order valence-electron chi connectivity index (χ0n) is 10.6. The predicted molar refractivity (Wildman–Crippen MR) is 68.3 cm³/mol. The number of aromatic hydroxyl groups is 1. The number of rotatable bonds is 6. The smallest absolute Gasteiger partial charge is 0.122 e. The molecule has 1 aromatic carbocycles. The molecule has 0 saturated heterocycles. The van der Waals surface area contributed by atoms with Crippen LogP contribution in [-0.4, -0.2) is 28.5 Å². The lowest BCUT2D eigenvalue weighted by molar-refractivity contribution is 0.254. The molecule has 0 aliphatic carbocycles. The summed E-state index contributed by atoms with van der Waals surface area (Å²) < 4.78 is 0. The van der Waals surface area contributed by atoms with Crippen LogP contribution in [0.2, 0.25) is 0 Å². The molecule has 0 amide bonds. The van der Waals surface area contributed by atoms with E-state index in [1.807, 2.05) is 32.0 Å². The van der Waals surface area contributed by atoms with Gasteiger partial charge in [-0.1, -0.05) is 32.0 Å². The van der Waals surface area contributed by atoms with Gasteiger partial charge in [-0.2, -0.15) is 0 Å². The molecule has 2 atom stereocenters. The van der Waals surface area contributed by atoms with Gasteiger partial charge in [-0.15, -0.1) is 0 Å². The Hall–Kier alpha value is -1.06. The zero-order chi connectivity index (χ0) is 12.8. The van der Waals surface area contributed by atoms with E-state index in [-0.39, 0.29) is 30.8 Å². The predicted octanol–water partition coefficient (Wildman–Crippen LogP) is 2.36. The number of benzene rings is 1. The summed E-state index contributed by atoms with van der Waals surface area (Å²) in [4.78, 5) is 0. The Morgan fingerprint density at radius 2 is 1.35 bits per heavy atom. The highest BCUT2D eigenvalue weighted by Gasteiger charge is 2.19. The van der Waals surface area contributed by atoms with E-state index in [4.69, 9.17) is 0 Å². The van der Waals surface area contributed by atoms with Gasteiger partial charge in [0.15, 0.2) is 0 Å². The van der Waals surface area contributed by atoms with Crippen molar-refractivity contribution in [1.82, 2.24) is 0 Å². The Morgan fingerprint density at radius 3 is 1.65 bits per heavy atom. The summed E-state index contributed by atoms with van der Waals surface area (Å²) >= 11 is 0. The van der Waals surface area contributed by atoms with Crippen molar-refractivity contribution >= 4 is 0 Å². The Labute approximate surface area is 103 Å². The van der Waals surface area contributed by atoms with Crippen molar-refractivity contribution in [3.05, 3.63) is 29.3 Å². The molecular formula is C14H22O3. The number of aliphatic hydroxyl groups is 2. The molecule has 1 aromatic rings. The SMILES string of the molecule is CCC(CO)c1cccc(C(CC)CO)c1O. The van der Waals surface area contributed by atoms with Crippen LogP contribution in [0.25, 0.3) is 0 Å². The molecule has 0 aromatic heterocycles. The summed E-state index contributed by atoms with van der Waals surface area (Å²) in [6.45, 7) is 4.03. The van der Waals surface area contributed by atoms with Crippen LogP contribution in [0.3, 0.4) is 0 Å². The molecule has 1 rings (SSSR count). The third kappa shape index (κ3) is 2.99. The Balaban J connectivity index is 3.14.